The van der Waals surface area contributed by atoms with E-state index in [2.05, 4.69) is 11.3 Å². The Balaban J connectivity index is 1.39. The van der Waals surface area contributed by atoms with Crippen LogP contribution in [-0.4, -0.2) is 32.7 Å². The van der Waals surface area contributed by atoms with Crippen LogP contribution in [0.25, 0.3) is 27.0 Å². The third-order valence-electron chi connectivity index (χ3n) is 7.90. The Morgan fingerprint density at radius 3 is 2.26 bits per heavy atom. The zero-order valence-electron chi connectivity index (χ0n) is 26.5. The Morgan fingerprint density at radius 1 is 0.913 bits per heavy atom. The van der Waals surface area contributed by atoms with Crippen LogP contribution in [0.3, 0.4) is 0 Å². The third-order valence-corrected chi connectivity index (χ3v) is 8.73. The van der Waals surface area contributed by atoms with Crippen molar-refractivity contribution >= 4 is 27.6 Å². The van der Waals surface area contributed by atoms with Gasteiger partial charge in [-0.15, -0.1) is 0 Å². The highest BCUT2D eigenvalue weighted by Gasteiger charge is 2.35. The first-order valence-corrected chi connectivity index (χ1v) is 16.5. The first-order chi connectivity index (χ1) is 22.0. The minimum atomic E-state index is -4.85. The Morgan fingerprint density at radius 2 is 1.59 bits per heavy atom. The first kappa shape index (κ1) is 34.9. The van der Waals surface area contributed by atoms with Gasteiger partial charge in [0, 0.05) is 24.1 Å². The molecule has 0 fully saturated rings. The second-order valence-electron chi connectivity index (χ2n) is 11.4. The molecule has 0 aliphatic carbocycles. The number of aryl methyl sites for hydroxylation is 1. The van der Waals surface area contributed by atoms with Gasteiger partial charge in [0.2, 0.25) is 0 Å². The zero-order chi connectivity index (χ0) is 33.3. The maximum absolute atomic E-state index is 13.3. The number of halogens is 3. The van der Waals surface area contributed by atoms with E-state index in [0.717, 1.165) is 36.6 Å². The van der Waals surface area contributed by atoms with Gasteiger partial charge in [0.25, 0.3) is 5.56 Å². The number of carbonyl (C=O) groups is 1. The van der Waals surface area contributed by atoms with Crippen molar-refractivity contribution in [1.82, 2.24) is 13.5 Å². The van der Waals surface area contributed by atoms with Gasteiger partial charge in [-0.1, -0.05) is 70.8 Å². The number of ether oxygens (including phenoxy) is 2. The molecule has 2 aromatic carbocycles. The van der Waals surface area contributed by atoms with Crippen LogP contribution >= 0.6 is 11.5 Å². The molecule has 0 bridgehead atoms. The molecule has 4 rings (SSSR count). The van der Waals surface area contributed by atoms with E-state index in [0.29, 0.717) is 44.2 Å². The zero-order valence-corrected chi connectivity index (χ0v) is 27.3. The van der Waals surface area contributed by atoms with Crippen LogP contribution in [-0.2, 0) is 22.8 Å². The van der Waals surface area contributed by atoms with Crippen molar-refractivity contribution in [3.8, 4) is 22.7 Å². The molecule has 0 N–H and O–H groups in total. The lowest BCUT2D eigenvalue weighted by atomic mass is 10.0. The van der Waals surface area contributed by atoms with Gasteiger partial charge in [0.15, 0.2) is 6.61 Å². The molecule has 12 heteroatoms. The van der Waals surface area contributed by atoms with E-state index in [-0.39, 0.29) is 12.3 Å². The van der Waals surface area contributed by atoms with Gasteiger partial charge < -0.3 is 9.47 Å². The molecular formula is C34H40F3N3O5S. The lowest BCUT2D eigenvalue weighted by molar-refractivity contribution is -0.146. The van der Waals surface area contributed by atoms with E-state index < -0.39 is 29.1 Å². The van der Waals surface area contributed by atoms with E-state index in [1.54, 1.807) is 24.3 Å². The number of esters is 1. The number of carbonyl (C=O) groups excluding carboxylic acids is 1. The number of hydrogen-bond donors (Lipinski definition) is 0. The molecule has 0 atom stereocenters. The number of benzene rings is 2. The van der Waals surface area contributed by atoms with Crippen LogP contribution in [0.15, 0.2) is 52.1 Å². The SMILES string of the molecule is CCCCCCCCCCCCOC(=O)COc1ccc(C)c(-c2nsc3ccc(-n4c(=O)cc(C(F)(F)F)n(C)c4=O)cc23)c1. The van der Waals surface area contributed by atoms with Crippen molar-refractivity contribution in [2.75, 3.05) is 13.2 Å². The van der Waals surface area contributed by atoms with E-state index in [1.807, 2.05) is 13.0 Å². The van der Waals surface area contributed by atoms with Gasteiger partial charge >= 0.3 is 17.8 Å². The molecule has 8 nitrogen and oxygen atoms in total. The van der Waals surface area contributed by atoms with Crippen LogP contribution in [0.2, 0.25) is 0 Å². The monoisotopic (exact) mass is 659 g/mol. The fourth-order valence-corrected chi connectivity index (χ4v) is 6.07. The smallest absolute Gasteiger partial charge is 0.431 e. The van der Waals surface area contributed by atoms with Crippen LogP contribution in [0, 0.1) is 6.92 Å². The summed E-state index contributed by atoms with van der Waals surface area (Å²) in [6, 6.07) is 10.4. The van der Waals surface area contributed by atoms with Gasteiger partial charge in [-0.2, -0.15) is 17.5 Å². The highest BCUT2D eigenvalue weighted by Crippen LogP contribution is 2.35. The third kappa shape index (κ3) is 8.86. The molecule has 248 valence electrons. The predicted molar refractivity (Wildman–Crippen MR) is 174 cm³/mol. The molecule has 4 aromatic rings. The Hall–Kier alpha value is -3.93. The quantitative estimate of drug-likeness (QED) is 0.0895. The van der Waals surface area contributed by atoms with E-state index >= 15 is 0 Å². The van der Waals surface area contributed by atoms with Crippen LogP contribution < -0.4 is 16.0 Å². The first-order valence-electron chi connectivity index (χ1n) is 15.7. The molecule has 0 radical (unpaired) electrons. The normalized spacial score (nSPS) is 11.7. The highest BCUT2D eigenvalue weighted by molar-refractivity contribution is 7.13. The van der Waals surface area contributed by atoms with Crippen LogP contribution in [0.4, 0.5) is 13.2 Å². The van der Waals surface area contributed by atoms with Crippen molar-refractivity contribution in [3.05, 3.63) is 74.6 Å². The Labute approximate surface area is 269 Å². The van der Waals surface area contributed by atoms with Gasteiger partial charge in [0.05, 0.1) is 22.7 Å². The highest BCUT2D eigenvalue weighted by atomic mass is 32.1. The molecule has 46 heavy (non-hydrogen) atoms. The largest absolute Gasteiger partial charge is 0.482 e. The average Bonchev–Trinajstić information content (AvgIpc) is 3.44. The topological polar surface area (TPSA) is 92.4 Å². The second kappa shape index (κ2) is 16.1. The maximum atomic E-state index is 13.3. The molecule has 0 aliphatic heterocycles. The average molecular weight is 660 g/mol. The minimum Gasteiger partial charge on any atom is -0.482 e. The number of fused-ring (bicyclic) bond motifs is 1. The van der Waals surface area contributed by atoms with Crippen molar-refractivity contribution < 1.29 is 27.4 Å². The number of alkyl halides is 3. The minimum absolute atomic E-state index is 0.114. The molecule has 0 saturated heterocycles. The summed E-state index contributed by atoms with van der Waals surface area (Å²) in [6.07, 6.45) is 7.09. The Bertz CT molecular complexity index is 1760. The summed E-state index contributed by atoms with van der Waals surface area (Å²) in [7, 11) is 0.972. The lowest BCUT2D eigenvalue weighted by Gasteiger charge is -2.14. The number of rotatable bonds is 16. The fourth-order valence-electron chi connectivity index (χ4n) is 5.30. The summed E-state index contributed by atoms with van der Waals surface area (Å²) in [5.41, 5.74) is -1.31. The molecule has 0 amide bonds. The number of hydrogen-bond acceptors (Lipinski definition) is 7. The van der Waals surface area contributed by atoms with Gasteiger partial charge in [-0.05, 0) is 60.8 Å². The van der Waals surface area contributed by atoms with Crippen molar-refractivity contribution in [1.29, 1.82) is 0 Å². The van der Waals surface area contributed by atoms with Gasteiger partial charge in [-0.25, -0.2) is 14.2 Å². The number of unbranched alkanes of at least 4 members (excludes halogenated alkanes) is 9. The van der Waals surface area contributed by atoms with Gasteiger partial charge in [0.1, 0.15) is 11.4 Å². The van der Waals surface area contributed by atoms with E-state index in [4.69, 9.17) is 9.47 Å². The van der Waals surface area contributed by atoms with E-state index in [9.17, 15) is 27.6 Å². The van der Waals surface area contributed by atoms with Gasteiger partial charge in [-0.3, -0.25) is 9.36 Å². The summed E-state index contributed by atoms with van der Waals surface area (Å²) < 4.78 is 57.4. The predicted octanol–water partition coefficient (Wildman–Crippen LogP) is 7.98. The fraction of sp³-hybridized carbons (Fsp3) is 0.471. The summed E-state index contributed by atoms with van der Waals surface area (Å²) in [4.78, 5) is 37.8. The molecule has 2 heterocycles. The molecule has 0 saturated carbocycles. The molecule has 0 spiro atoms. The summed E-state index contributed by atoms with van der Waals surface area (Å²) in [6.45, 7) is 4.21. The molecule has 0 aliphatic rings. The number of aromatic nitrogens is 3. The summed E-state index contributed by atoms with van der Waals surface area (Å²) >= 11 is 1.20. The Kier molecular flexibility index (Phi) is 12.2. The summed E-state index contributed by atoms with van der Waals surface area (Å²) in [5.74, 6) is -0.0213. The molecular weight excluding hydrogens is 619 g/mol. The summed E-state index contributed by atoms with van der Waals surface area (Å²) in [5, 5.41) is 0.604. The molecule has 2 aromatic heterocycles. The second-order valence-corrected chi connectivity index (χ2v) is 12.2. The molecule has 0 unspecified atom stereocenters. The standard InChI is InChI=1S/C34H40F3N3O5S/c1-4-5-6-7-8-9-10-11-12-13-18-44-31(42)22-45-25-16-14-23(2)26(20-25)32-27-19-24(15-17-28(27)46-38-32)40-30(41)21-29(34(35,36)37)39(3)33(40)43/h14-17,19-21H,4-13,18,22H2,1-3H3. The van der Waals surface area contributed by atoms with E-state index in [1.165, 1.54) is 62.5 Å². The van der Waals surface area contributed by atoms with Crippen molar-refractivity contribution in [2.24, 2.45) is 7.05 Å². The van der Waals surface area contributed by atoms with Crippen molar-refractivity contribution in [2.45, 2.75) is 84.2 Å². The van der Waals surface area contributed by atoms with Crippen LogP contribution in [0.1, 0.15) is 82.4 Å². The van der Waals surface area contributed by atoms with Crippen LogP contribution in [0.5, 0.6) is 5.75 Å². The lowest BCUT2D eigenvalue weighted by Crippen LogP contribution is -2.40. The maximum Gasteiger partial charge on any atom is 0.431 e. The van der Waals surface area contributed by atoms with Crippen molar-refractivity contribution in [3.63, 3.8) is 0 Å². The number of nitrogens with zero attached hydrogens (tertiary/aromatic N) is 3.